The van der Waals surface area contributed by atoms with Crippen molar-refractivity contribution in [2.24, 2.45) is 5.92 Å². The van der Waals surface area contributed by atoms with Crippen LogP contribution in [0.1, 0.15) is 47.2 Å². The molecule has 0 aliphatic heterocycles. The van der Waals surface area contributed by atoms with E-state index in [0.717, 1.165) is 49.2 Å². The Morgan fingerprint density at radius 1 is 1.11 bits per heavy atom. The van der Waals surface area contributed by atoms with Crippen LogP contribution in [0.15, 0.2) is 30.5 Å². The summed E-state index contributed by atoms with van der Waals surface area (Å²) in [6, 6.07) is 8.01. The Labute approximate surface area is 167 Å². The van der Waals surface area contributed by atoms with Gasteiger partial charge in [-0.15, -0.1) is 0 Å². The summed E-state index contributed by atoms with van der Waals surface area (Å²) < 4.78 is 0. The molecule has 6 nitrogen and oxygen atoms in total. The van der Waals surface area contributed by atoms with Crippen molar-refractivity contribution < 1.29 is 4.79 Å². The number of aryl methyl sites for hydroxylation is 2. The molecule has 2 N–H and O–H groups in total. The first-order valence-corrected chi connectivity index (χ1v) is 10.0. The molecule has 6 heteroatoms. The van der Waals surface area contributed by atoms with Gasteiger partial charge in [0.1, 0.15) is 5.82 Å². The van der Waals surface area contributed by atoms with Crippen molar-refractivity contribution in [3.63, 3.8) is 0 Å². The smallest absolute Gasteiger partial charge is 0.251 e. The topological polar surface area (TPSA) is 70.2 Å². The Morgan fingerprint density at radius 2 is 1.79 bits per heavy atom. The number of benzene rings is 1. The Kier molecular flexibility index (Phi) is 6.49. The van der Waals surface area contributed by atoms with Crippen LogP contribution >= 0.6 is 0 Å². The van der Waals surface area contributed by atoms with Gasteiger partial charge in [-0.25, -0.2) is 4.98 Å². The number of nitrogens with one attached hydrogen (secondary N) is 2. The summed E-state index contributed by atoms with van der Waals surface area (Å²) in [5, 5.41) is 6.57. The van der Waals surface area contributed by atoms with Gasteiger partial charge in [0, 0.05) is 44.0 Å². The molecule has 1 fully saturated rings. The molecule has 0 radical (unpaired) electrons. The number of carbonyl (C=O) groups excluding carboxylic acids is 1. The van der Waals surface area contributed by atoms with Crippen LogP contribution in [0, 0.1) is 19.8 Å². The van der Waals surface area contributed by atoms with Gasteiger partial charge in [-0.1, -0.05) is 17.7 Å². The Bertz CT molecular complexity index is 795. The van der Waals surface area contributed by atoms with Gasteiger partial charge >= 0.3 is 0 Å². The van der Waals surface area contributed by atoms with E-state index >= 15 is 0 Å². The average molecular weight is 382 g/mol. The van der Waals surface area contributed by atoms with Crippen molar-refractivity contribution in [3.05, 3.63) is 47.2 Å². The lowest BCUT2D eigenvalue weighted by molar-refractivity contribution is 0.0922. The second-order valence-corrected chi connectivity index (χ2v) is 8.03. The molecule has 1 aromatic carbocycles. The SMILES string of the molecule is Cc1ccc(C(=O)N[C@H]2CC[C@@H](CNc3ncc(C)c(N(C)C)n3)CC2)cc1. The largest absolute Gasteiger partial charge is 0.362 e. The number of carbonyl (C=O) groups is 1. The van der Waals surface area contributed by atoms with Gasteiger partial charge in [0.15, 0.2) is 0 Å². The molecule has 1 aliphatic carbocycles. The van der Waals surface area contributed by atoms with Gasteiger partial charge in [-0.3, -0.25) is 4.79 Å². The molecule has 0 unspecified atom stereocenters. The van der Waals surface area contributed by atoms with Gasteiger partial charge in [0.05, 0.1) is 0 Å². The lowest BCUT2D eigenvalue weighted by Crippen LogP contribution is -2.38. The van der Waals surface area contributed by atoms with Crippen LogP contribution in [-0.4, -0.2) is 42.6 Å². The van der Waals surface area contributed by atoms with Crippen LogP contribution < -0.4 is 15.5 Å². The quantitative estimate of drug-likeness (QED) is 0.801. The molecule has 150 valence electrons. The first kappa shape index (κ1) is 20.1. The third-order valence-electron chi connectivity index (χ3n) is 5.41. The van der Waals surface area contributed by atoms with Gasteiger partial charge in [0.2, 0.25) is 5.95 Å². The van der Waals surface area contributed by atoms with Crippen LogP contribution in [0.25, 0.3) is 0 Å². The molecule has 1 aliphatic rings. The molecule has 0 atom stereocenters. The molecule has 28 heavy (non-hydrogen) atoms. The number of amides is 1. The summed E-state index contributed by atoms with van der Waals surface area (Å²) in [6.45, 7) is 4.92. The number of hydrogen-bond donors (Lipinski definition) is 2. The van der Waals surface area contributed by atoms with E-state index in [1.807, 2.05) is 63.3 Å². The van der Waals surface area contributed by atoms with E-state index in [9.17, 15) is 4.79 Å². The molecule has 0 bridgehead atoms. The molecule has 1 aromatic heterocycles. The van der Waals surface area contributed by atoms with Crippen LogP contribution in [-0.2, 0) is 0 Å². The zero-order valence-corrected chi connectivity index (χ0v) is 17.3. The highest BCUT2D eigenvalue weighted by Crippen LogP contribution is 2.25. The minimum atomic E-state index is 0.0332. The second-order valence-electron chi connectivity index (χ2n) is 8.03. The third kappa shape index (κ3) is 5.21. The number of rotatable bonds is 6. The average Bonchev–Trinajstić information content (AvgIpc) is 2.68. The van der Waals surface area contributed by atoms with Crippen molar-refractivity contribution in [3.8, 4) is 0 Å². The van der Waals surface area contributed by atoms with E-state index in [4.69, 9.17) is 0 Å². The second kappa shape index (κ2) is 9.04. The minimum Gasteiger partial charge on any atom is -0.362 e. The monoisotopic (exact) mass is 381 g/mol. The van der Waals surface area contributed by atoms with Crippen LogP contribution in [0.5, 0.6) is 0 Å². The maximum atomic E-state index is 12.4. The summed E-state index contributed by atoms with van der Waals surface area (Å²) in [5.41, 5.74) is 2.97. The van der Waals surface area contributed by atoms with Crippen LogP contribution in [0.2, 0.25) is 0 Å². The first-order valence-electron chi connectivity index (χ1n) is 10.0. The first-order chi connectivity index (χ1) is 13.4. The van der Waals surface area contributed by atoms with Gasteiger partial charge in [-0.2, -0.15) is 4.98 Å². The molecule has 1 saturated carbocycles. The lowest BCUT2D eigenvalue weighted by Gasteiger charge is -2.29. The summed E-state index contributed by atoms with van der Waals surface area (Å²) in [5.74, 6) is 2.25. The van der Waals surface area contributed by atoms with E-state index in [1.165, 1.54) is 5.56 Å². The highest BCUT2D eigenvalue weighted by atomic mass is 16.1. The van der Waals surface area contributed by atoms with Gasteiger partial charge in [-0.05, 0) is 57.6 Å². The fourth-order valence-electron chi connectivity index (χ4n) is 3.69. The molecular formula is C22H31N5O. The number of anilines is 2. The zero-order valence-electron chi connectivity index (χ0n) is 17.3. The fourth-order valence-corrected chi connectivity index (χ4v) is 3.69. The zero-order chi connectivity index (χ0) is 20.1. The van der Waals surface area contributed by atoms with E-state index < -0.39 is 0 Å². The van der Waals surface area contributed by atoms with Gasteiger partial charge in [0.25, 0.3) is 5.91 Å². The number of aromatic nitrogens is 2. The predicted octanol–water partition coefficient (Wildman–Crippen LogP) is 3.56. The minimum absolute atomic E-state index is 0.0332. The van der Waals surface area contributed by atoms with Crippen molar-refractivity contribution in [1.29, 1.82) is 0 Å². The number of hydrogen-bond acceptors (Lipinski definition) is 5. The van der Waals surface area contributed by atoms with Crippen molar-refractivity contribution in [2.75, 3.05) is 30.9 Å². The Morgan fingerprint density at radius 3 is 2.43 bits per heavy atom. The predicted molar refractivity (Wildman–Crippen MR) is 114 cm³/mol. The normalized spacial score (nSPS) is 19.1. The Balaban J connectivity index is 1.45. The van der Waals surface area contributed by atoms with Crippen molar-refractivity contribution in [1.82, 2.24) is 15.3 Å². The van der Waals surface area contributed by atoms with E-state index in [-0.39, 0.29) is 11.9 Å². The van der Waals surface area contributed by atoms with Crippen LogP contribution in [0.4, 0.5) is 11.8 Å². The molecule has 1 heterocycles. The lowest BCUT2D eigenvalue weighted by atomic mass is 9.86. The maximum Gasteiger partial charge on any atom is 0.251 e. The fraction of sp³-hybridized carbons (Fsp3) is 0.500. The van der Waals surface area contributed by atoms with E-state index in [1.54, 1.807) is 0 Å². The summed E-state index contributed by atoms with van der Waals surface area (Å²) in [6.07, 6.45) is 6.09. The molecule has 0 saturated heterocycles. The van der Waals surface area contributed by atoms with Crippen molar-refractivity contribution >= 4 is 17.7 Å². The molecule has 1 amide bonds. The summed E-state index contributed by atoms with van der Waals surface area (Å²) in [4.78, 5) is 23.4. The van der Waals surface area contributed by atoms with Gasteiger partial charge < -0.3 is 15.5 Å². The van der Waals surface area contributed by atoms with E-state index in [0.29, 0.717) is 11.9 Å². The highest BCUT2D eigenvalue weighted by molar-refractivity contribution is 5.94. The number of nitrogens with zero attached hydrogens (tertiary/aromatic N) is 3. The molecule has 0 spiro atoms. The standard InChI is InChI=1S/C22H31N5O/c1-15-5-9-18(10-6-15)21(28)25-19-11-7-17(8-12-19)14-24-22-23-13-16(2)20(26-22)27(3)4/h5-6,9-10,13,17,19H,7-8,11-12,14H2,1-4H3,(H,25,28)(H,23,24,26)/t17-,19+. The van der Waals surface area contributed by atoms with Crippen molar-refractivity contribution in [2.45, 2.75) is 45.6 Å². The van der Waals surface area contributed by atoms with Crippen LogP contribution in [0.3, 0.4) is 0 Å². The summed E-state index contributed by atoms with van der Waals surface area (Å²) in [7, 11) is 3.98. The summed E-state index contributed by atoms with van der Waals surface area (Å²) >= 11 is 0. The molecule has 2 aromatic rings. The third-order valence-corrected chi connectivity index (χ3v) is 5.41. The Hall–Kier alpha value is -2.63. The maximum absolute atomic E-state index is 12.4. The van der Waals surface area contributed by atoms with E-state index in [2.05, 4.69) is 20.6 Å². The highest BCUT2D eigenvalue weighted by Gasteiger charge is 2.23. The molecule has 3 rings (SSSR count). The molecular weight excluding hydrogens is 350 g/mol.